The van der Waals surface area contributed by atoms with Crippen LogP contribution in [0, 0.1) is 0 Å². The van der Waals surface area contributed by atoms with Gasteiger partial charge in [0.15, 0.2) is 5.13 Å². The van der Waals surface area contributed by atoms with E-state index in [0.29, 0.717) is 5.13 Å². The van der Waals surface area contributed by atoms with Gasteiger partial charge in [-0.15, -0.1) is 11.3 Å². The van der Waals surface area contributed by atoms with E-state index in [2.05, 4.69) is 15.0 Å². The molecule has 17 heavy (non-hydrogen) atoms. The lowest BCUT2D eigenvalue weighted by Gasteiger charge is -2.09. The van der Waals surface area contributed by atoms with E-state index in [1.54, 1.807) is 6.92 Å². The van der Waals surface area contributed by atoms with Crippen molar-refractivity contribution in [1.82, 2.24) is 4.98 Å². The summed E-state index contributed by atoms with van der Waals surface area (Å²) in [6.07, 6.45) is 0. The molecular weight excluding hydrogens is 246 g/mol. The molecule has 0 saturated carbocycles. The first-order valence-corrected chi connectivity index (χ1v) is 5.61. The molecule has 1 rings (SSSR count). The quantitative estimate of drug-likeness (QED) is 0.647. The minimum atomic E-state index is -1.16. The summed E-state index contributed by atoms with van der Waals surface area (Å²) in [7, 11) is 1.29. The molecule has 0 bridgehead atoms. The Balaban J connectivity index is 2.69. The van der Waals surface area contributed by atoms with Crippen molar-refractivity contribution >= 4 is 28.4 Å². The molecule has 0 spiro atoms. The van der Waals surface area contributed by atoms with Gasteiger partial charge in [-0.1, -0.05) is 0 Å². The zero-order valence-corrected chi connectivity index (χ0v) is 10.2. The van der Waals surface area contributed by atoms with Crippen molar-refractivity contribution in [2.75, 3.05) is 12.4 Å². The lowest BCUT2D eigenvalue weighted by molar-refractivity contribution is -0.141. The highest BCUT2D eigenvalue weighted by Gasteiger charge is 2.19. The van der Waals surface area contributed by atoms with E-state index >= 15 is 0 Å². The summed E-state index contributed by atoms with van der Waals surface area (Å²) in [5, 5.41) is 13.4. The third kappa shape index (κ3) is 3.40. The Morgan fingerprint density at radius 1 is 1.65 bits per heavy atom. The number of aromatic nitrogens is 1. The van der Waals surface area contributed by atoms with Gasteiger partial charge >= 0.3 is 11.9 Å². The summed E-state index contributed by atoms with van der Waals surface area (Å²) in [6, 6.07) is -1.71. The number of methoxy groups -OCH3 is 1. The average Bonchev–Trinajstić information content (AvgIpc) is 2.74. The summed E-state index contributed by atoms with van der Waals surface area (Å²) < 4.78 is 4.53. The van der Waals surface area contributed by atoms with Crippen molar-refractivity contribution < 1.29 is 19.4 Å². The van der Waals surface area contributed by atoms with Crippen LogP contribution >= 0.6 is 11.3 Å². The molecular formula is C9H13N3O4S. The second kappa shape index (κ2) is 5.60. The molecule has 94 valence electrons. The van der Waals surface area contributed by atoms with Gasteiger partial charge in [-0.3, -0.25) is 4.79 Å². The molecule has 7 nitrogen and oxygen atoms in total. The number of carboxylic acids is 1. The molecule has 1 aromatic rings. The van der Waals surface area contributed by atoms with E-state index in [4.69, 9.17) is 10.8 Å². The Labute approximate surface area is 102 Å². The number of ether oxygens (including phenoxy) is 1. The summed E-state index contributed by atoms with van der Waals surface area (Å²) in [5.74, 6) is -1.58. The first-order valence-electron chi connectivity index (χ1n) is 4.74. The van der Waals surface area contributed by atoms with Crippen LogP contribution in [0.25, 0.3) is 0 Å². The van der Waals surface area contributed by atoms with Crippen LogP contribution in [-0.2, 0) is 14.3 Å². The van der Waals surface area contributed by atoms with Crippen LogP contribution in [0.4, 0.5) is 5.13 Å². The molecule has 2 unspecified atom stereocenters. The minimum absolute atomic E-state index is 0.252. The van der Waals surface area contributed by atoms with E-state index in [0.717, 1.165) is 0 Å². The van der Waals surface area contributed by atoms with Gasteiger partial charge in [0.2, 0.25) is 0 Å². The number of esters is 1. The molecule has 0 aliphatic heterocycles. The number of nitrogens with one attached hydrogen (secondary N) is 1. The first kappa shape index (κ1) is 13.4. The Bertz CT molecular complexity index is 420. The number of carbonyl (C=O) groups excluding carboxylic acids is 1. The second-order valence-electron chi connectivity index (χ2n) is 3.28. The summed E-state index contributed by atoms with van der Waals surface area (Å²) in [5.41, 5.74) is 5.65. The molecule has 1 aromatic heterocycles. The third-order valence-corrected chi connectivity index (χ3v) is 2.79. The van der Waals surface area contributed by atoms with Crippen molar-refractivity contribution in [3.63, 3.8) is 0 Å². The van der Waals surface area contributed by atoms with Gasteiger partial charge in [-0.05, 0) is 6.92 Å². The monoisotopic (exact) mass is 259 g/mol. The highest BCUT2D eigenvalue weighted by atomic mass is 32.1. The highest BCUT2D eigenvalue weighted by molar-refractivity contribution is 7.13. The van der Waals surface area contributed by atoms with E-state index in [1.165, 1.54) is 23.8 Å². The summed E-state index contributed by atoms with van der Waals surface area (Å²) in [4.78, 5) is 25.8. The van der Waals surface area contributed by atoms with Crippen molar-refractivity contribution in [2.24, 2.45) is 5.73 Å². The lowest BCUT2D eigenvalue weighted by Crippen LogP contribution is -2.27. The predicted molar refractivity (Wildman–Crippen MR) is 61.8 cm³/mol. The number of carbonyl (C=O) groups is 2. The maximum absolute atomic E-state index is 11.1. The maximum atomic E-state index is 11.1. The normalized spacial score (nSPS) is 13.8. The molecule has 0 fully saturated rings. The zero-order valence-electron chi connectivity index (χ0n) is 9.34. The molecule has 1 heterocycles. The van der Waals surface area contributed by atoms with E-state index in [9.17, 15) is 9.59 Å². The molecule has 0 aromatic carbocycles. The number of rotatable bonds is 5. The van der Waals surface area contributed by atoms with E-state index < -0.39 is 24.0 Å². The van der Waals surface area contributed by atoms with Crippen LogP contribution in [0.2, 0.25) is 0 Å². The second-order valence-corrected chi connectivity index (χ2v) is 4.14. The van der Waals surface area contributed by atoms with Crippen LogP contribution in [0.3, 0.4) is 0 Å². The summed E-state index contributed by atoms with van der Waals surface area (Å²) >= 11 is 1.18. The Hall–Kier alpha value is -1.67. The fraction of sp³-hybridized carbons (Fsp3) is 0.444. The van der Waals surface area contributed by atoms with Crippen molar-refractivity contribution in [1.29, 1.82) is 0 Å². The minimum Gasteiger partial charge on any atom is -0.480 e. The van der Waals surface area contributed by atoms with Gasteiger partial charge in [0.05, 0.1) is 12.8 Å². The summed E-state index contributed by atoms with van der Waals surface area (Å²) in [6.45, 7) is 1.62. The molecule has 0 saturated heterocycles. The lowest BCUT2D eigenvalue weighted by atomic mass is 10.2. The Kier molecular flexibility index (Phi) is 4.41. The van der Waals surface area contributed by atoms with Gasteiger partial charge in [0.1, 0.15) is 12.1 Å². The Morgan fingerprint density at radius 2 is 2.29 bits per heavy atom. The largest absolute Gasteiger partial charge is 0.480 e. The average molecular weight is 259 g/mol. The van der Waals surface area contributed by atoms with Crippen LogP contribution in [0.1, 0.15) is 18.7 Å². The van der Waals surface area contributed by atoms with Crippen molar-refractivity contribution in [3.8, 4) is 0 Å². The smallest absolute Gasteiger partial charge is 0.328 e. The van der Waals surface area contributed by atoms with Crippen LogP contribution < -0.4 is 11.1 Å². The molecule has 2 atom stereocenters. The molecule has 4 N–H and O–H groups in total. The van der Waals surface area contributed by atoms with Crippen LogP contribution in [0.5, 0.6) is 0 Å². The fourth-order valence-corrected chi connectivity index (χ4v) is 1.88. The van der Waals surface area contributed by atoms with Gasteiger partial charge in [-0.2, -0.15) is 0 Å². The fourth-order valence-electron chi connectivity index (χ4n) is 1.04. The number of hydrogen-bond donors (Lipinski definition) is 3. The molecule has 0 aliphatic rings. The van der Waals surface area contributed by atoms with Gasteiger partial charge in [0.25, 0.3) is 0 Å². The van der Waals surface area contributed by atoms with Gasteiger partial charge in [0, 0.05) is 5.38 Å². The van der Waals surface area contributed by atoms with Crippen LogP contribution in [0.15, 0.2) is 5.38 Å². The highest BCUT2D eigenvalue weighted by Crippen LogP contribution is 2.20. The topological polar surface area (TPSA) is 115 Å². The maximum Gasteiger partial charge on any atom is 0.328 e. The number of nitrogens with zero attached hydrogens (tertiary/aromatic N) is 1. The SMILES string of the molecule is COC(=O)C(C)Nc1nc(C(N)C(=O)O)cs1. The van der Waals surface area contributed by atoms with Gasteiger partial charge < -0.3 is 20.9 Å². The molecule has 0 amide bonds. The molecule has 8 heteroatoms. The van der Waals surface area contributed by atoms with Gasteiger partial charge in [-0.25, -0.2) is 9.78 Å². The molecule has 0 radical (unpaired) electrons. The standard InChI is InChI=1S/C9H13N3O4S/c1-4(8(15)16-2)11-9-12-5(3-17-9)6(10)7(13)14/h3-4,6H,10H2,1-2H3,(H,11,12)(H,13,14). The number of nitrogens with two attached hydrogens (primary N) is 1. The van der Waals surface area contributed by atoms with Crippen LogP contribution in [-0.4, -0.2) is 35.2 Å². The van der Waals surface area contributed by atoms with Crippen molar-refractivity contribution in [2.45, 2.75) is 19.0 Å². The Morgan fingerprint density at radius 3 is 2.82 bits per heavy atom. The number of aliphatic carboxylic acids is 1. The number of thiazole rings is 1. The number of hydrogen-bond acceptors (Lipinski definition) is 7. The number of anilines is 1. The zero-order chi connectivity index (χ0) is 13.0. The van der Waals surface area contributed by atoms with E-state index in [1.807, 2.05) is 0 Å². The van der Waals surface area contributed by atoms with E-state index in [-0.39, 0.29) is 5.69 Å². The first-order chi connectivity index (χ1) is 7.95. The van der Waals surface area contributed by atoms with Crippen molar-refractivity contribution in [3.05, 3.63) is 11.1 Å². The molecule has 0 aliphatic carbocycles. The number of carboxylic acid groups (broad SMARTS) is 1. The predicted octanol–water partition coefficient (Wildman–Crippen LogP) is 0.201. The third-order valence-electron chi connectivity index (χ3n) is 2.00.